The molecule has 1 radical (unpaired) electrons. The van der Waals surface area contributed by atoms with Crippen LogP contribution in [0.25, 0.3) is 0 Å². The van der Waals surface area contributed by atoms with Crippen molar-refractivity contribution in [3.8, 4) is 0 Å². The lowest BCUT2D eigenvalue weighted by Crippen LogP contribution is -2.22. The van der Waals surface area contributed by atoms with Gasteiger partial charge in [-0.15, -0.1) is 0 Å². The Balaban J connectivity index is 3.05. The second kappa shape index (κ2) is 6.39. The first-order chi connectivity index (χ1) is 4.81. The number of nitrogens with one attached hydrogen (secondary N) is 1. The average Bonchev–Trinajstić information content (AvgIpc) is 1.89. The summed E-state index contributed by atoms with van der Waals surface area (Å²) in [6.07, 6.45) is 1.45. The Morgan fingerprint density at radius 3 is 2.80 bits per heavy atom. The van der Waals surface area contributed by atoms with Crippen LogP contribution in [0.1, 0.15) is 26.7 Å². The number of unbranched alkanes of at least 4 members (excludes halogenated alkanes) is 1. The summed E-state index contributed by atoms with van der Waals surface area (Å²) in [5.74, 6) is 0. The fourth-order valence-electron chi connectivity index (χ4n) is 0.438. The van der Waals surface area contributed by atoms with Crippen LogP contribution in [0.4, 0.5) is 4.79 Å². The summed E-state index contributed by atoms with van der Waals surface area (Å²) >= 11 is 0. The van der Waals surface area contributed by atoms with Gasteiger partial charge in [-0.25, -0.2) is 4.79 Å². The number of carbonyl (C=O) groups excluding carboxylic acids is 1. The quantitative estimate of drug-likeness (QED) is 0.610. The molecule has 0 aromatic rings. The van der Waals surface area contributed by atoms with Gasteiger partial charge in [-0.1, -0.05) is 13.3 Å². The Morgan fingerprint density at radius 1 is 1.60 bits per heavy atom. The van der Waals surface area contributed by atoms with Crippen LogP contribution in [0.3, 0.4) is 0 Å². The van der Waals surface area contributed by atoms with Gasteiger partial charge in [0.2, 0.25) is 0 Å². The first-order valence-corrected chi connectivity index (χ1v) is 3.57. The Bertz CT molecular complexity index is 93.6. The summed E-state index contributed by atoms with van der Waals surface area (Å²) < 4.78 is 4.65. The van der Waals surface area contributed by atoms with Crippen LogP contribution in [0.5, 0.6) is 0 Å². The zero-order valence-corrected chi connectivity index (χ0v) is 6.52. The highest BCUT2D eigenvalue weighted by Gasteiger charge is 1.96. The van der Waals surface area contributed by atoms with Gasteiger partial charge in [-0.3, -0.25) is 0 Å². The van der Waals surface area contributed by atoms with Gasteiger partial charge in [0.15, 0.2) is 0 Å². The zero-order valence-electron chi connectivity index (χ0n) is 6.52. The van der Waals surface area contributed by atoms with Crippen molar-refractivity contribution in [2.75, 3.05) is 6.54 Å². The van der Waals surface area contributed by atoms with Crippen LogP contribution in [-0.4, -0.2) is 12.6 Å². The van der Waals surface area contributed by atoms with E-state index in [-0.39, 0.29) is 6.09 Å². The van der Waals surface area contributed by atoms with E-state index in [9.17, 15) is 4.79 Å². The fourth-order valence-corrected chi connectivity index (χ4v) is 0.438. The van der Waals surface area contributed by atoms with Crippen LogP contribution in [0, 0.1) is 6.61 Å². The molecular formula is C7H14NO2. The Hall–Kier alpha value is -0.730. The number of hydrogen-bond acceptors (Lipinski definition) is 2. The summed E-state index contributed by atoms with van der Waals surface area (Å²) in [6, 6.07) is 0. The lowest BCUT2D eigenvalue weighted by molar-refractivity contribution is 0.169. The molecule has 0 aromatic carbocycles. The average molecular weight is 144 g/mol. The molecule has 0 unspecified atom stereocenters. The summed E-state index contributed by atoms with van der Waals surface area (Å²) in [4.78, 5) is 10.6. The van der Waals surface area contributed by atoms with Crippen molar-refractivity contribution in [2.45, 2.75) is 26.7 Å². The van der Waals surface area contributed by atoms with Crippen LogP contribution in [-0.2, 0) is 4.74 Å². The first-order valence-electron chi connectivity index (χ1n) is 3.57. The molecule has 0 rings (SSSR count). The highest BCUT2D eigenvalue weighted by Crippen LogP contribution is 1.93. The second-order valence-electron chi connectivity index (χ2n) is 1.89. The van der Waals surface area contributed by atoms with Crippen molar-refractivity contribution in [3.05, 3.63) is 6.61 Å². The molecule has 1 amide bonds. The first kappa shape index (κ1) is 9.27. The topological polar surface area (TPSA) is 38.3 Å². The predicted molar refractivity (Wildman–Crippen MR) is 39.4 cm³/mol. The smallest absolute Gasteiger partial charge is 0.407 e. The number of alkyl carbamates (subject to hydrolysis) is 1. The van der Waals surface area contributed by atoms with E-state index in [0.29, 0.717) is 6.54 Å². The minimum Gasteiger partial charge on any atom is -0.442 e. The van der Waals surface area contributed by atoms with E-state index in [1.807, 2.05) is 13.8 Å². The molecule has 0 fully saturated rings. The van der Waals surface area contributed by atoms with Crippen LogP contribution < -0.4 is 5.32 Å². The molecule has 0 atom stereocenters. The SMILES string of the molecule is CCC[CH]OC(=O)NCC. The van der Waals surface area contributed by atoms with Crippen molar-refractivity contribution in [1.29, 1.82) is 0 Å². The van der Waals surface area contributed by atoms with Gasteiger partial charge in [-0.05, 0) is 13.3 Å². The molecular weight excluding hydrogens is 130 g/mol. The van der Waals surface area contributed by atoms with Crippen LogP contribution >= 0.6 is 0 Å². The van der Waals surface area contributed by atoms with Gasteiger partial charge in [0, 0.05) is 6.54 Å². The van der Waals surface area contributed by atoms with E-state index in [1.165, 1.54) is 6.61 Å². The largest absolute Gasteiger partial charge is 0.442 e. The fraction of sp³-hybridized carbons (Fsp3) is 0.714. The molecule has 0 aromatic heterocycles. The molecule has 0 spiro atoms. The second-order valence-corrected chi connectivity index (χ2v) is 1.89. The third-order valence-electron chi connectivity index (χ3n) is 0.918. The van der Waals surface area contributed by atoms with E-state index >= 15 is 0 Å². The van der Waals surface area contributed by atoms with Crippen molar-refractivity contribution in [2.24, 2.45) is 0 Å². The summed E-state index contributed by atoms with van der Waals surface area (Å²) in [7, 11) is 0. The molecule has 0 aliphatic rings. The van der Waals surface area contributed by atoms with Crippen molar-refractivity contribution < 1.29 is 9.53 Å². The van der Waals surface area contributed by atoms with Gasteiger partial charge >= 0.3 is 6.09 Å². The highest BCUT2D eigenvalue weighted by molar-refractivity contribution is 5.67. The maximum absolute atomic E-state index is 10.6. The maximum atomic E-state index is 10.6. The van der Waals surface area contributed by atoms with E-state index in [2.05, 4.69) is 10.1 Å². The molecule has 3 nitrogen and oxygen atoms in total. The molecule has 0 saturated carbocycles. The third kappa shape index (κ3) is 5.41. The minimum absolute atomic E-state index is 0.365. The summed E-state index contributed by atoms with van der Waals surface area (Å²) in [5.41, 5.74) is 0. The molecule has 0 bridgehead atoms. The zero-order chi connectivity index (χ0) is 7.82. The molecule has 0 saturated heterocycles. The Labute approximate surface area is 61.8 Å². The normalized spacial score (nSPS) is 9.00. The molecule has 0 heterocycles. The van der Waals surface area contributed by atoms with E-state index < -0.39 is 0 Å². The number of carbonyl (C=O) groups is 1. The van der Waals surface area contributed by atoms with Gasteiger partial charge in [-0.2, -0.15) is 0 Å². The standard InChI is InChI=1S/C7H14NO2/c1-3-5-6-10-7(9)8-4-2/h6H,3-5H2,1-2H3,(H,8,9). The highest BCUT2D eigenvalue weighted by atomic mass is 16.5. The molecule has 10 heavy (non-hydrogen) atoms. The van der Waals surface area contributed by atoms with E-state index in [0.717, 1.165) is 12.8 Å². The predicted octanol–water partition coefficient (Wildman–Crippen LogP) is 1.69. The lowest BCUT2D eigenvalue weighted by atomic mass is 10.4. The molecule has 0 aliphatic heterocycles. The lowest BCUT2D eigenvalue weighted by Gasteiger charge is -2.01. The number of amides is 1. The van der Waals surface area contributed by atoms with Crippen molar-refractivity contribution in [3.63, 3.8) is 0 Å². The minimum atomic E-state index is -0.365. The Kier molecular flexibility index (Phi) is 5.92. The van der Waals surface area contributed by atoms with Crippen LogP contribution in [0.2, 0.25) is 0 Å². The van der Waals surface area contributed by atoms with Crippen molar-refractivity contribution in [1.82, 2.24) is 5.32 Å². The summed E-state index contributed by atoms with van der Waals surface area (Å²) in [5, 5.41) is 2.51. The van der Waals surface area contributed by atoms with Crippen molar-refractivity contribution >= 4 is 6.09 Å². The van der Waals surface area contributed by atoms with E-state index in [4.69, 9.17) is 0 Å². The molecule has 1 N–H and O–H groups in total. The third-order valence-corrected chi connectivity index (χ3v) is 0.918. The summed E-state index contributed by atoms with van der Waals surface area (Å²) in [6.45, 7) is 6.00. The molecule has 3 heteroatoms. The van der Waals surface area contributed by atoms with Gasteiger partial charge in [0.25, 0.3) is 0 Å². The molecule has 0 aliphatic carbocycles. The van der Waals surface area contributed by atoms with Crippen LogP contribution in [0.15, 0.2) is 0 Å². The van der Waals surface area contributed by atoms with Gasteiger partial charge in [0.1, 0.15) is 6.61 Å². The Morgan fingerprint density at radius 2 is 2.30 bits per heavy atom. The number of hydrogen-bond donors (Lipinski definition) is 1. The number of ether oxygens (including phenoxy) is 1. The van der Waals surface area contributed by atoms with E-state index in [1.54, 1.807) is 0 Å². The number of rotatable bonds is 4. The molecule has 59 valence electrons. The van der Waals surface area contributed by atoms with Gasteiger partial charge < -0.3 is 10.1 Å². The monoisotopic (exact) mass is 144 g/mol. The van der Waals surface area contributed by atoms with Gasteiger partial charge in [0.05, 0.1) is 0 Å². The maximum Gasteiger partial charge on any atom is 0.407 e.